The smallest absolute Gasteiger partial charge is 0.261 e. The van der Waals surface area contributed by atoms with Crippen molar-refractivity contribution in [1.82, 2.24) is 5.32 Å². The first kappa shape index (κ1) is 25.7. The molecule has 6 heteroatoms. The van der Waals surface area contributed by atoms with Crippen LogP contribution in [0.25, 0.3) is 16.8 Å². The topological polar surface area (TPSA) is 62.1 Å². The summed E-state index contributed by atoms with van der Waals surface area (Å²) in [4.78, 5) is 12.5. The average Bonchev–Trinajstić information content (AvgIpc) is 2.89. The number of halogens is 2. The molecule has 0 fully saturated rings. The SMILES string of the molecule is N#C/C(=C/c1cc(Br)c(OCc2ccc3ccccc3c2)c(Br)c1)C(=O)NCCCc1ccccc1. The van der Waals surface area contributed by atoms with Crippen molar-refractivity contribution in [3.8, 4) is 11.8 Å². The fourth-order valence-corrected chi connectivity index (χ4v) is 5.29. The number of rotatable bonds is 9. The molecule has 1 amide bonds. The summed E-state index contributed by atoms with van der Waals surface area (Å²) in [5.41, 5.74) is 3.05. The fourth-order valence-electron chi connectivity index (χ4n) is 3.83. The maximum Gasteiger partial charge on any atom is 0.261 e. The second-order valence-electron chi connectivity index (χ2n) is 8.30. The van der Waals surface area contributed by atoms with Crippen LogP contribution in [0.1, 0.15) is 23.1 Å². The third-order valence-electron chi connectivity index (χ3n) is 5.66. The van der Waals surface area contributed by atoms with Gasteiger partial charge in [0.15, 0.2) is 0 Å². The van der Waals surface area contributed by atoms with E-state index in [9.17, 15) is 10.1 Å². The molecule has 0 bridgehead atoms. The van der Waals surface area contributed by atoms with Crippen molar-refractivity contribution in [2.45, 2.75) is 19.4 Å². The molecule has 36 heavy (non-hydrogen) atoms. The molecule has 4 aromatic carbocycles. The Balaban J connectivity index is 1.38. The molecule has 0 aliphatic heterocycles. The molecule has 0 saturated heterocycles. The van der Waals surface area contributed by atoms with Gasteiger partial charge in [-0.3, -0.25) is 4.79 Å². The summed E-state index contributed by atoms with van der Waals surface area (Å²) in [7, 11) is 0. The molecule has 4 rings (SSSR count). The molecule has 1 N–H and O–H groups in total. The molecule has 0 saturated carbocycles. The first-order valence-electron chi connectivity index (χ1n) is 11.6. The Labute approximate surface area is 227 Å². The molecule has 4 nitrogen and oxygen atoms in total. The van der Waals surface area contributed by atoms with Gasteiger partial charge in [-0.2, -0.15) is 5.26 Å². The molecule has 0 spiro atoms. The number of nitriles is 1. The number of carbonyl (C=O) groups is 1. The van der Waals surface area contributed by atoms with Crippen LogP contribution in [0.4, 0.5) is 0 Å². The van der Waals surface area contributed by atoms with Crippen LogP contribution in [-0.4, -0.2) is 12.5 Å². The van der Waals surface area contributed by atoms with E-state index in [0.29, 0.717) is 24.5 Å². The van der Waals surface area contributed by atoms with Crippen molar-refractivity contribution in [2.24, 2.45) is 0 Å². The Bertz CT molecular complexity index is 1420. The van der Waals surface area contributed by atoms with Crippen molar-refractivity contribution in [1.29, 1.82) is 5.26 Å². The van der Waals surface area contributed by atoms with E-state index in [1.807, 2.05) is 48.5 Å². The predicted octanol–water partition coefficient (Wildman–Crippen LogP) is 7.60. The summed E-state index contributed by atoms with van der Waals surface area (Å²) >= 11 is 7.13. The number of fused-ring (bicyclic) bond motifs is 1. The first-order valence-corrected chi connectivity index (χ1v) is 13.2. The number of nitrogens with one attached hydrogen (secondary N) is 1. The van der Waals surface area contributed by atoms with Crippen LogP contribution >= 0.6 is 31.9 Å². The van der Waals surface area contributed by atoms with Crippen molar-refractivity contribution in [3.05, 3.63) is 116 Å². The Morgan fingerprint density at radius 2 is 1.58 bits per heavy atom. The molecular weight excluding hydrogens is 580 g/mol. The highest BCUT2D eigenvalue weighted by atomic mass is 79.9. The number of carbonyl (C=O) groups excluding carboxylic acids is 1. The number of aryl methyl sites for hydroxylation is 1. The van der Waals surface area contributed by atoms with Crippen LogP contribution in [0.3, 0.4) is 0 Å². The minimum absolute atomic E-state index is 0.0540. The van der Waals surface area contributed by atoms with Crippen LogP contribution in [0.2, 0.25) is 0 Å². The van der Waals surface area contributed by atoms with Gasteiger partial charge in [0.1, 0.15) is 24.0 Å². The van der Waals surface area contributed by atoms with Gasteiger partial charge in [-0.1, -0.05) is 66.7 Å². The standard InChI is InChI=1S/C30H24Br2N2O2/c31-27-17-23(16-26(19-33)30(35)34-14-6-9-21-7-2-1-3-8-21)18-28(32)29(27)36-20-22-12-13-24-10-4-5-11-25(24)15-22/h1-5,7-8,10-13,15-18H,6,9,14,20H2,(H,34,35)/b26-16-. The molecule has 0 heterocycles. The predicted molar refractivity (Wildman–Crippen MR) is 151 cm³/mol. The lowest BCUT2D eigenvalue weighted by Crippen LogP contribution is -2.25. The Kier molecular flexibility index (Phi) is 8.94. The molecule has 0 aliphatic carbocycles. The van der Waals surface area contributed by atoms with Crippen LogP contribution in [0.15, 0.2) is 99.4 Å². The Hall–Kier alpha value is -3.40. The van der Waals surface area contributed by atoms with E-state index < -0.39 is 0 Å². The van der Waals surface area contributed by atoms with E-state index in [-0.39, 0.29) is 11.5 Å². The summed E-state index contributed by atoms with van der Waals surface area (Å²) in [6.45, 7) is 0.910. The van der Waals surface area contributed by atoms with Gasteiger partial charge in [0.05, 0.1) is 8.95 Å². The van der Waals surface area contributed by atoms with Crippen molar-refractivity contribution in [2.75, 3.05) is 6.54 Å². The maximum absolute atomic E-state index is 12.5. The number of ether oxygens (including phenoxy) is 1. The minimum Gasteiger partial charge on any atom is -0.487 e. The quantitative estimate of drug-likeness (QED) is 0.122. The average molecular weight is 604 g/mol. The monoisotopic (exact) mass is 602 g/mol. The summed E-state index contributed by atoms with van der Waals surface area (Å²) in [5.74, 6) is 0.276. The van der Waals surface area contributed by atoms with E-state index >= 15 is 0 Å². The second kappa shape index (κ2) is 12.5. The van der Waals surface area contributed by atoms with Crippen molar-refractivity contribution >= 4 is 54.6 Å². The molecule has 0 aromatic heterocycles. The highest BCUT2D eigenvalue weighted by Gasteiger charge is 2.12. The third kappa shape index (κ3) is 6.84. The zero-order valence-electron chi connectivity index (χ0n) is 19.5. The lowest BCUT2D eigenvalue weighted by molar-refractivity contribution is -0.117. The molecule has 0 unspecified atom stereocenters. The van der Waals surface area contributed by atoms with Gasteiger partial charge in [-0.05, 0) is 96.4 Å². The lowest BCUT2D eigenvalue weighted by Gasteiger charge is -2.12. The van der Waals surface area contributed by atoms with Crippen LogP contribution in [0, 0.1) is 11.3 Å². The highest BCUT2D eigenvalue weighted by Crippen LogP contribution is 2.36. The van der Waals surface area contributed by atoms with Gasteiger partial charge in [0.2, 0.25) is 0 Å². The number of hydrogen-bond donors (Lipinski definition) is 1. The van der Waals surface area contributed by atoms with Gasteiger partial charge in [0, 0.05) is 6.54 Å². The summed E-state index contributed by atoms with van der Waals surface area (Å²) in [6.07, 6.45) is 3.25. The van der Waals surface area contributed by atoms with Gasteiger partial charge in [0.25, 0.3) is 5.91 Å². The van der Waals surface area contributed by atoms with Gasteiger partial charge in [-0.15, -0.1) is 0 Å². The van der Waals surface area contributed by atoms with Gasteiger partial charge >= 0.3 is 0 Å². The molecule has 4 aromatic rings. The van der Waals surface area contributed by atoms with E-state index in [4.69, 9.17) is 4.74 Å². The second-order valence-corrected chi connectivity index (χ2v) is 10.0. The van der Waals surface area contributed by atoms with Crippen molar-refractivity contribution < 1.29 is 9.53 Å². The highest BCUT2D eigenvalue weighted by molar-refractivity contribution is 9.11. The van der Waals surface area contributed by atoms with Crippen molar-refractivity contribution in [3.63, 3.8) is 0 Å². The zero-order valence-corrected chi connectivity index (χ0v) is 22.7. The Morgan fingerprint density at radius 1 is 0.889 bits per heavy atom. The molecule has 180 valence electrons. The number of benzene rings is 4. The maximum atomic E-state index is 12.5. The molecule has 0 atom stereocenters. The van der Waals surface area contributed by atoms with E-state index in [0.717, 1.165) is 27.4 Å². The lowest BCUT2D eigenvalue weighted by atomic mass is 10.1. The number of amides is 1. The Morgan fingerprint density at radius 3 is 2.31 bits per heavy atom. The summed E-state index contributed by atoms with van der Waals surface area (Å²) in [6, 6.07) is 30.3. The fraction of sp³-hybridized carbons (Fsp3) is 0.133. The summed E-state index contributed by atoms with van der Waals surface area (Å²) in [5, 5.41) is 14.7. The van der Waals surface area contributed by atoms with E-state index in [1.165, 1.54) is 16.3 Å². The summed E-state index contributed by atoms with van der Waals surface area (Å²) < 4.78 is 7.53. The van der Waals surface area contributed by atoms with Gasteiger partial charge in [-0.25, -0.2) is 0 Å². The molecular formula is C30H24Br2N2O2. The first-order chi connectivity index (χ1) is 17.5. The third-order valence-corrected chi connectivity index (χ3v) is 6.84. The minimum atomic E-state index is -0.380. The van der Waals surface area contributed by atoms with E-state index in [1.54, 1.807) is 6.08 Å². The zero-order chi connectivity index (χ0) is 25.3. The van der Waals surface area contributed by atoms with Crippen LogP contribution in [0.5, 0.6) is 5.75 Å². The van der Waals surface area contributed by atoms with Crippen LogP contribution < -0.4 is 10.1 Å². The molecule has 0 aliphatic rings. The number of hydrogen-bond acceptors (Lipinski definition) is 3. The normalized spacial score (nSPS) is 11.2. The molecule has 0 radical (unpaired) electrons. The van der Waals surface area contributed by atoms with Gasteiger partial charge < -0.3 is 10.1 Å². The van der Waals surface area contributed by atoms with E-state index in [2.05, 4.69) is 79.6 Å². The van der Waals surface area contributed by atoms with Crippen LogP contribution in [-0.2, 0) is 17.8 Å². The number of nitrogens with zero attached hydrogens (tertiary/aromatic N) is 1. The largest absolute Gasteiger partial charge is 0.487 e.